The minimum atomic E-state index is 0.528. The van der Waals surface area contributed by atoms with Crippen LogP contribution in [0.3, 0.4) is 0 Å². The minimum absolute atomic E-state index is 0.528. The van der Waals surface area contributed by atoms with Gasteiger partial charge in [0.25, 0.3) is 0 Å². The van der Waals surface area contributed by atoms with Crippen LogP contribution in [0.25, 0.3) is 0 Å². The third kappa shape index (κ3) is 2.89. The number of hydrogen-bond donors (Lipinski definition) is 1. The fourth-order valence-corrected chi connectivity index (χ4v) is 3.68. The van der Waals surface area contributed by atoms with Crippen molar-refractivity contribution in [1.29, 1.82) is 0 Å². The fourth-order valence-electron chi connectivity index (χ4n) is 2.00. The van der Waals surface area contributed by atoms with Crippen LogP contribution >= 0.6 is 33.9 Å². The van der Waals surface area contributed by atoms with Gasteiger partial charge in [-0.1, -0.05) is 6.92 Å². The lowest BCUT2D eigenvalue weighted by Gasteiger charge is -2.33. The molecule has 0 amide bonds. The molecule has 2 heterocycles. The largest absolute Gasteiger partial charge is 0.314 e. The van der Waals surface area contributed by atoms with E-state index in [2.05, 4.69) is 44.7 Å². The van der Waals surface area contributed by atoms with E-state index in [4.69, 9.17) is 0 Å². The van der Waals surface area contributed by atoms with Crippen molar-refractivity contribution >= 4 is 33.9 Å². The minimum Gasteiger partial charge on any atom is -0.314 e. The summed E-state index contributed by atoms with van der Waals surface area (Å²) in [5.41, 5.74) is 0. The molecule has 5 heteroatoms. The predicted molar refractivity (Wildman–Crippen MR) is 72.3 cm³/mol. The third-order valence-electron chi connectivity index (χ3n) is 2.76. The number of aromatic nitrogens is 1. The van der Waals surface area contributed by atoms with Crippen molar-refractivity contribution in [3.05, 3.63) is 14.1 Å². The Balaban J connectivity index is 2.08. The topological polar surface area (TPSA) is 28.2 Å². The molecule has 1 aliphatic heterocycles. The molecule has 15 heavy (non-hydrogen) atoms. The Kier molecular flexibility index (Phi) is 4.36. The number of rotatable bonds is 3. The van der Waals surface area contributed by atoms with Gasteiger partial charge in [-0.25, -0.2) is 4.98 Å². The van der Waals surface area contributed by atoms with E-state index in [1.165, 1.54) is 7.89 Å². The van der Waals surface area contributed by atoms with Gasteiger partial charge in [-0.05, 0) is 29.0 Å². The quantitative estimate of drug-likeness (QED) is 0.857. The molecular weight excluding hydrogens is 321 g/mol. The first-order valence-electron chi connectivity index (χ1n) is 5.37. The Morgan fingerprint density at radius 2 is 2.33 bits per heavy atom. The fraction of sp³-hybridized carbons (Fsp3) is 0.700. The lowest BCUT2D eigenvalue weighted by Crippen LogP contribution is -2.45. The van der Waals surface area contributed by atoms with Crippen LogP contribution in [0.4, 0.5) is 0 Å². The highest BCUT2D eigenvalue weighted by Gasteiger charge is 2.22. The van der Waals surface area contributed by atoms with Gasteiger partial charge in [0.1, 0.15) is 5.01 Å². The standard InChI is InChI=1S/C10H16IN3S/c1-2-8(10-13-7-9(11)15-10)14-5-3-12-4-6-14/h7-8,12H,2-6H2,1H3. The monoisotopic (exact) mass is 337 g/mol. The maximum Gasteiger partial charge on any atom is 0.111 e. The van der Waals surface area contributed by atoms with Crippen LogP contribution in [0.1, 0.15) is 24.4 Å². The van der Waals surface area contributed by atoms with Gasteiger partial charge in [-0.3, -0.25) is 4.90 Å². The highest BCUT2D eigenvalue weighted by atomic mass is 127. The van der Waals surface area contributed by atoms with Crippen molar-refractivity contribution in [3.8, 4) is 0 Å². The first kappa shape index (κ1) is 11.8. The summed E-state index contributed by atoms with van der Waals surface area (Å²) in [5, 5.41) is 4.67. The van der Waals surface area contributed by atoms with E-state index < -0.39 is 0 Å². The van der Waals surface area contributed by atoms with Gasteiger partial charge in [-0.15, -0.1) is 11.3 Å². The lowest BCUT2D eigenvalue weighted by atomic mass is 10.2. The molecule has 3 nitrogen and oxygen atoms in total. The summed E-state index contributed by atoms with van der Waals surface area (Å²) < 4.78 is 1.29. The Labute approximate surface area is 108 Å². The van der Waals surface area contributed by atoms with Crippen LogP contribution in [0, 0.1) is 2.88 Å². The molecule has 1 unspecified atom stereocenters. The molecule has 0 bridgehead atoms. The average Bonchev–Trinajstić information content (AvgIpc) is 2.68. The average molecular weight is 337 g/mol. The lowest BCUT2D eigenvalue weighted by molar-refractivity contribution is 0.169. The van der Waals surface area contributed by atoms with E-state index in [0.717, 1.165) is 32.6 Å². The maximum atomic E-state index is 4.51. The van der Waals surface area contributed by atoms with E-state index in [1.807, 2.05) is 17.5 Å². The van der Waals surface area contributed by atoms with Crippen molar-refractivity contribution in [1.82, 2.24) is 15.2 Å². The molecule has 0 radical (unpaired) electrons. The second-order valence-corrected chi connectivity index (χ2v) is 6.67. The number of halogens is 1. The number of nitrogens with zero attached hydrogens (tertiary/aromatic N) is 2. The highest BCUT2D eigenvalue weighted by molar-refractivity contribution is 14.1. The summed E-state index contributed by atoms with van der Waals surface area (Å²) in [6.45, 7) is 6.77. The smallest absolute Gasteiger partial charge is 0.111 e. The van der Waals surface area contributed by atoms with E-state index in [9.17, 15) is 0 Å². The summed E-state index contributed by atoms with van der Waals surface area (Å²) in [7, 11) is 0. The Bertz CT molecular complexity index is 309. The van der Waals surface area contributed by atoms with Gasteiger partial charge in [-0.2, -0.15) is 0 Å². The van der Waals surface area contributed by atoms with Gasteiger partial charge in [0.15, 0.2) is 0 Å². The Morgan fingerprint density at radius 1 is 1.60 bits per heavy atom. The van der Waals surface area contributed by atoms with Gasteiger partial charge in [0, 0.05) is 26.2 Å². The number of hydrogen-bond acceptors (Lipinski definition) is 4. The molecule has 0 aromatic carbocycles. The van der Waals surface area contributed by atoms with Gasteiger partial charge < -0.3 is 5.32 Å². The molecule has 2 rings (SSSR count). The molecule has 84 valence electrons. The summed E-state index contributed by atoms with van der Waals surface area (Å²) in [4.78, 5) is 7.06. The van der Waals surface area contributed by atoms with Crippen molar-refractivity contribution in [3.63, 3.8) is 0 Å². The molecule has 0 aliphatic carbocycles. The summed E-state index contributed by atoms with van der Waals surface area (Å²) in [5.74, 6) is 0. The van der Waals surface area contributed by atoms with Crippen LogP contribution in [-0.2, 0) is 0 Å². The Hall–Kier alpha value is 0.280. The van der Waals surface area contributed by atoms with Crippen LogP contribution < -0.4 is 5.32 Å². The van der Waals surface area contributed by atoms with Gasteiger partial charge >= 0.3 is 0 Å². The maximum absolute atomic E-state index is 4.51. The third-order valence-corrected chi connectivity index (χ3v) is 4.59. The zero-order valence-corrected chi connectivity index (χ0v) is 11.8. The second kappa shape index (κ2) is 5.56. The molecular formula is C10H16IN3S. The molecule has 0 saturated carbocycles. The van der Waals surface area contributed by atoms with E-state index in [-0.39, 0.29) is 0 Å². The van der Waals surface area contributed by atoms with Crippen molar-refractivity contribution in [2.75, 3.05) is 26.2 Å². The number of thiazole rings is 1. The summed E-state index contributed by atoms with van der Waals surface area (Å²) in [6, 6.07) is 0.528. The van der Waals surface area contributed by atoms with E-state index >= 15 is 0 Å². The zero-order valence-electron chi connectivity index (χ0n) is 8.87. The second-order valence-electron chi connectivity index (χ2n) is 3.71. The molecule has 1 saturated heterocycles. The summed E-state index contributed by atoms with van der Waals surface area (Å²) >= 11 is 4.17. The predicted octanol–water partition coefficient (Wildman–Crippen LogP) is 2.10. The van der Waals surface area contributed by atoms with E-state index in [0.29, 0.717) is 6.04 Å². The van der Waals surface area contributed by atoms with Crippen molar-refractivity contribution < 1.29 is 0 Å². The molecule has 1 aromatic heterocycles. The van der Waals surface area contributed by atoms with Crippen LogP contribution in [0.5, 0.6) is 0 Å². The van der Waals surface area contributed by atoms with Crippen LogP contribution in [0.15, 0.2) is 6.20 Å². The number of nitrogens with one attached hydrogen (secondary N) is 1. The van der Waals surface area contributed by atoms with Crippen LogP contribution in [-0.4, -0.2) is 36.1 Å². The first-order chi connectivity index (χ1) is 7.31. The molecule has 1 aliphatic rings. The zero-order chi connectivity index (χ0) is 10.7. The summed E-state index contributed by atoms with van der Waals surface area (Å²) in [6.07, 6.45) is 3.13. The van der Waals surface area contributed by atoms with Gasteiger partial charge in [0.05, 0.1) is 15.1 Å². The molecule has 0 spiro atoms. The first-order valence-corrected chi connectivity index (χ1v) is 7.26. The SMILES string of the molecule is CCC(c1ncc(I)s1)N1CCNCC1. The molecule has 1 atom stereocenters. The number of piperazine rings is 1. The normalized spacial score (nSPS) is 20.4. The van der Waals surface area contributed by atoms with Gasteiger partial charge in [0.2, 0.25) is 0 Å². The van der Waals surface area contributed by atoms with Crippen molar-refractivity contribution in [2.45, 2.75) is 19.4 Å². The molecule has 1 aromatic rings. The van der Waals surface area contributed by atoms with E-state index in [1.54, 1.807) is 0 Å². The highest BCUT2D eigenvalue weighted by Crippen LogP contribution is 2.28. The van der Waals surface area contributed by atoms with Crippen LogP contribution in [0.2, 0.25) is 0 Å². The Morgan fingerprint density at radius 3 is 2.87 bits per heavy atom. The molecule has 1 N–H and O–H groups in total. The van der Waals surface area contributed by atoms with Crippen molar-refractivity contribution in [2.24, 2.45) is 0 Å². The molecule has 1 fully saturated rings.